The predicted molar refractivity (Wildman–Crippen MR) is 83.6 cm³/mol. The lowest BCUT2D eigenvalue weighted by molar-refractivity contribution is -0.122. The van der Waals surface area contributed by atoms with Gasteiger partial charge in [-0.1, -0.05) is 23.4 Å². The van der Waals surface area contributed by atoms with Crippen LogP contribution in [-0.2, 0) is 14.8 Å². The van der Waals surface area contributed by atoms with Crippen LogP contribution in [0, 0.1) is 6.92 Å². The Hall–Kier alpha value is -2.55. The fraction of sp³-hybridized carbons (Fsp3) is 0.286. The summed E-state index contributed by atoms with van der Waals surface area (Å²) in [4.78, 5) is 11.6. The number of amides is 1. The molecule has 0 radical (unpaired) electrons. The average Bonchev–Trinajstić information content (AvgIpc) is 2.90. The molecule has 1 heterocycles. The molecule has 0 saturated carbocycles. The second-order valence-corrected chi connectivity index (χ2v) is 6.54. The number of hydrogen-bond donors (Lipinski definition) is 2. The minimum Gasteiger partial charge on any atom is -0.484 e. The third kappa shape index (κ3) is 5.99. The molecule has 2 N–H and O–H groups in total. The first-order chi connectivity index (χ1) is 10.9. The van der Waals surface area contributed by atoms with Crippen molar-refractivity contribution in [2.45, 2.75) is 6.92 Å². The molecule has 8 nitrogen and oxygen atoms in total. The number of para-hydroxylation sites is 1. The highest BCUT2D eigenvalue weighted by molar-refractivity contribution is 7.92. The Balaban J connectivity index is 1.70. The maximum Gasteiger partial charge on any atom is 0.257 e. The maximum atomic E-state index is 11.8. The summed E-state index contributed by atoms with van der Waals surface area (Å²) < 4.78 is 35.9. The number of nitrogens with zero attached hydrogens (tertiary/aromatic N) is 1. The van der Waals surface area contributed by atoms with E-state index in [2.05, 4.69) is 15.2 Å². The van der Waals surface area contributed by atoms with Gasteiger partial charge in [-0.2, -0.15) is 0 Å². The van der Waals surface area contributed by atoms with Gasteiger partial charge in [-0.15, -0.1) is 0 Å². The number of nitrogens with one attached hydrogen (secondary N) is 2. The maximum absolute atomic E-state index is 11.8. The molecule has 1 amide bonds. The molecule has 2 aromatic rings. The van der Waals surface area contributed by atoms with Crippen LogP contribution in [0.1, 0.15) is 5.76 Å². The zero-order chi connectivity index (χ0) is 16.7. The van der Waals surface area contributed by atoms with E-state index in [-0.39, 0.29) is 24.7 Å². The van der Waals surface area contributed by atoms with Crippen molar-refractivity contribution in [1.82, 2.24) is 10.5 Å². The molecule has 23 heavy (non-hydrogen) atoms. The minimum atomic E-state index is -3.61. The van der Waals surface area contributed by atoms with Gasteiger partial charge < -0.3 is 14.6 Å². The highest BCUT2D eigenvalue weighted by atomic mass is 32.2. The monoisotopic (exact) mass is 339 g/mol. The largest absolute Gasteiger partial charge is 0.484 e. The van der Waals surface area contributed by atoms with E-state index in [1.807, 2.05) is 6.07 Å². The third-order valence-corrected chi connectivity index (χ3v) is 3.96. The van der Waals surface area contributed by atoms with E-state index < -0.39 is 15.9 Å². The van der Waals surface area contributed by atoms with Crippen molar-refractivity contribution in [2.24, 2.45) is 0 Å². The molecule has 0 aliphatic heterocycles. The lowest BCUT2D eigenvalue weighted by Gasteiger charge is -2.08. The van der Waals surface area contributed by atoms with Crippen LogP contribution in [0.5, 0.6) is 5.75 Å². The second-order valence-electron chi connectivity index (χ2n) is 4.70. The molecular weight excluding hydrogens is 322 g/mol. The molecule has 1 aromatic carbocycles. The van der Waals surface area contributed by atoms with E-state index in [9.17, 15) is 13.2 Å². The van der Waals surface area contributed by atoms with E-state index in [1.54, 1.807) is 31.2 Å². The molecule has 0 spiro atoms. The fourth-order valence-electron chi connectivity index (χ4n) is 1.67. The third-order valence-electron chi connectivity index (χ3n) is 2.69. The number of rotatable bonds is 8. The summed E-state index contributed by atoms with van der Waals surface area (Å²) in [5.41, 5.74) is 0. The summed E-state index contributed by atoms with van der Waals surface area (Å²) in [5.74, 6) is 0.491. The summed E-state index contributed by atoms with van der Waals surface area (Å²) in [6.07, 6.45) is 0. The molecule has 2 rings (SSSR count). The van der Waals surface area contributed by atoms with Crippen molar-refractivity contribution in [2.75, 3.05) is 23.6 Å². The summed E-state index contributed by atoms with van der Waals surface area (Å²) in [6.45, 7) is 1.43. The van der Waals surface area contributed by atoms with Gasteiger partial charge >= 0.3 is 0 Å². The van der Waals surface area contributed by atoms with Crippen LogP contribution in [0.2, 0.25) is 0 Å². The van der Waals surface area contributed by atoms with Gasteiger partial charge in [0.25, 0.3) is 5.91 Å². The number of carbonyl (C=O) groups is 1. The van der Waals surface area contributed by atoms with Crippen molar-refractivity contribution in [3.05, 3.63) is 42.2 Å². The zero-order valence-electron chi connectivity index (χ0n) is 12.5. The van der Waals surface area contributed by atoms with Gasteiger partial charge in [-0.3, -0.25) is 9.52 Å². The minimum absolute atomic E-state index is 0.0385. The number of hydrogen-bond acceptors (Lipinski definition) is 6. The van der Waals surface area contributed by atoms with Crippen LogP contribution in [0.3, 0.4) is 0 Å². The molecule has 0 fully saturated rings. The van der Waals surface area contributed by atoms with E-state index in [0.29, 0.717) is 11.5 Å². The van der Waals surface area contributed by atoms with Gasteiger partial charge in [0.2, 0.25) is 10.0 Å². The van der Waals surface area contributed by atoms with Gasteiger partial charge in [0.05, 0.1) is 5.75 Å². The average molecular weight is 339 g/mol. The van der Waals surface area contributed by atoms with Gasteiger partial charge in [-0.25, -0.2) is 8.42 Å². The number of anilines is 1. The molecule has 1 aromatic heterocycles. The van der Waals surface area contributed by atoms with E-state index in [0.717, 1.165) is 0 Å². The lowest BCUT2D eigenvalue weighted by atomic mass is 10.3. The Kier molecular flexibility index (Phi) is 5.58. The molecule has 124 valence electrons. The number of sulfonamides is 1. The number of aryl methyl sites for hydroxylation is 1. The number of ether oxygens (including phenoxy) is 1. The van der Waals surface area contributed by atoms with Crippen LogP contribution < -0.4 is 14.8 Å². The second kappa shape index (κ2) is 7.63. The van der Waals surface area contributed by atoms with Crippen LogP contribution in [0.4, 0.5) is 5.82 Å². The molecule has 0 aliphatic rings. The normalized spacial score (nSPS) is 11.0. The number of carbonyl (C=O) groups excluding carboxylic acids is 1. The Bertz CT molecular complexity index is 743. The number of aromatic nitrogens is 1. The molecule has 0 aliphatic carbocycles. The quantitative estimate of drug-likeness (QED) is 0.740. The van der Waals surface area contributed by atoms with Crippen LogP contribution in [-0.4, -0.2) is 38.4 Å². The first-order valence-electron chi connectivity index (χ1n) is 6.83. The highest BCUT2D eigenvalue weighted by Gasteiger charge is 2.13. The first-order valence-corrected chi connectivity index (χ1v) is 8.48. The topological polar surface area (TPSA) is 111 Å². The van der Waals surface area contributed by atoms with Crippen LogP contribution >= 0.6 is 0 Å². The molecule has 0 saturated heterocycles. The Morgan fingerprint density at radius 2 is 2.04 bits per heavy atom. The van der Waals surface area contributed by atoms with Gasteiger partial charge in [-0.05, 0) is 19.1 Å². The zero-order valence-corrected chi connectivity index (χ0v) is 13.3. The Labute approximate surface area is 133 Å². The molecule has 0 bridgehead atoms. The van der Waals surface area contributed by atoms with Crippen molar-refractivity contribution in [1.29, 1.82) is 0 Å². The Morgan fingerprint density at radius 1 is 1.30 bits per heavy atom. The molecular formula is C14H17N3O5S. The number of benzene rings is 1. The smallest absolute Gasteiger partial charge is 0.257 e. The summed E-state index contributed by atoms with van der Waals surface area (Å²) in [6, 6.07) is 10.3. The molecule has 0 atom stereocenters. The Morgan fingerprint density at radius 3 is 2.70 bits per heavy atom. The van der Waals surface area contributed by atoms with Crippen molar-refractivity contribution in [3.8, 4) is 5.75 Å². The van der Waals surface area contributed by atoms with Crippen molar-refractivity contribution < 1.29 is 22.5 Å². The van der Waals surface area contributed by atoms with E-state index in [4.69, 9.17) is 9.26 Å². The van der Waals surface area contributed by atoms with Gasteiger partial charge in [0, 0.05) is 12.6 Å². The summed E-state index contributed by atoms with van der Waals surface area (Å²) in [7, 11) is -3.61. The standard InChI is InChI=1S/C14H17N3O5S/c1-11-9-13(16-22-11)17-23(19,20)8-7-15-14(18)10-21-12-5-3-2-4-6-12/h2-6,9H,7-8,10H2,1H3,(H,15,18)(H,16,17). The van der Waals surface area contributed by atoms with E-state index >= 15 is 0 Å². The van der Waals surface area contributed by atoms with Gasteiger partial charge in [0.15, 0.2) is 12.4 Å². The van der Waals surface area contributed by atoms with E-state index in [1.165, 1.54) is 6.07 Å². The predicted octanol–water partition coefficient (Wildman–Crippen LogP) is 0.920. The van der Waals surface area contributed by atoms with Crippen LogP contribution in [0.25, 0.3) is 0 Å². The SMILES string of the molecule is Cc1cc(NS(=O)(=O)CCNC(=O)COc2ccccc2)no1. The van der Waals surface area contributed by atoms with Crippen LogP contribution in [0.15, 0.2) is 40.9 Å². The highest BCUT2D eigenvalue weighted by Crippen LogP contribution is 2.09. The van der Waals surface area contributed by atoms with Gasteiger partial charge in [0.1, 0.15) is 11.5 Å². The summed E-state index contributed by atoms with van der Waals surface area (Å²) >= 11 is 0. The molecule has 9 heteroatoms. The van der Waals surface area contributed by atoms with Crippen molar-refractivity contribution in [3.63, 3.8) is 0 Å². The molecule has 0 unspecified atom stereocenters. The fourth-order valence-corrected chi connectivity index (χ4v) is 2.55. The first kappa shape index (κ1) is 16.8. The summed E-state index contributed by atoms with van der Waals surface area (Å²) in [5, 5.41) is 6.01. The lowest BCUT2D eigenvalue weighted by Crippen LogP contribution is -2.34. The van der Waals surface area contributed by atoms with Crippen molar-refractivity contribution >= 4 is 21.7 Å².